The van der Waals surface area contributed by atoms with Crippen LogP contribution in [-0.2, 0) is 10.0 Å². The van der Waals surface area contributed by atoms with Crippen molar-refractivity contribution >= 4 is 10.0 Å². The van der Waals surface area contributed by atoms with Crippen LogP contribution in [0.1, 0.15) is 6.92 Å². The zero-order valence-electron chi connectivity index (χ0n) is 9.34. The molecule has 5 heteroatoms. The first kappa shape index (κ1) is 12.7. The van der Waals surface area contributed by atoms with Gasteiger partial charge in [-0.3, -0.25) is 0 Å². The van der Waals surface area contributed by atoms with Gasteiger partial charge in [0, 0.05) is 13.6 Å². The predicted molar refractivity (Wildman–Crippen MR) is 62.7 cm³/mol. The van der Waals surface area contributed by atoms with E-state index in [0.717, 1.165) is 5.57 Å². The van der Waals surface area contributed by atoms with Crippen molar-refractivity contribution in [2.45, 2.75) is 11.8 Å². The molecule has 0 saturated heterocycles. The van der Waals surface area contributed by atoms with Gasteiger partial charge in [-0.2, -0.15) is 4.31 Å². The molecule has 0 amide bonds. The number of hydrogen-bond donors (Lipinski definition) is 1. The maximum Gasteiger partial charge on any atom is 0.243 e. The summed E-state index contributed by atoms with van der Waals surface area (Å²) in [6.45, 7) is 5.72. The molecule has 1 N–H and O–H groups in total. The molecule has 0 atom stereocenters. The van der Waals surface area contributed by atoms with E-state index in [1.165, 1.54) is 35.6 Å². The van der Waals surface area contributed by atoms with Crippen LogP contribution < -0.4 is 0 Å². The van der Waals surface area contributed by atoms with Crippen molar-refractivity contribution in [3.05, 3.63) is 36.4 Å². The minimum Gasteiger partial charge on any atom is -0.508 e. The van der Waals surface area contributed by atoms with Crippen molar-refractivity contribution in [1.82, 2.24) is 4.31 Å². The summed E-state index contributed by atoms with van der Waals surface area (Å²) in [5.41, 5.74) is 0.768. The molecule has 0 aliphatic carbocycles. The van der Waals surface area contributed by atoms with Gasteiger partial charge in [-0.25, -0.2) is 8.42 Å². The lowest BCUT2D eigenvalue weighted by Gasteiger charge is -2.17. The van der Waals surface area contributed by atoms with Crippen LogP contribution in [0, 0.1) is 0 Å². The normalized spacial score (nSPS) is 11.7. The second-order valence-electron chi connectivity index (χ2n) is 3.71. The molecule has 0 aliphatic heterocycles. The molecule has 1 aromatic carbocycles. The van der Waals surface area contributed by atoms with Crippen molar-refractivity contribution in [1.29, 1.82) is 0 Å². The van der Waals surface area contributed by atoms with Crippen molar-refractivity contribution < 1.29 is 13.5 Å². The van der Waals surface area contributed by atoms with E-state index < -0.39 is 10.0 Å². The van der Waals surface area contributed by atoms with Gasteiger partial charge in [-0.05, 0) is 31.2 Å². The Morgan fingerprint density at radius 1 is 1.38 bits per heavy atom. The Labute approximate surface area is 95.9 Å². The number of nitrogens with zero attached hydrogens (tertiary/aromatic N) is 1. The molecule has 0 heterocycles. The molecular formula is C11H15NO3S. The second-order valence-corrected chi connectivity index (χ2v) is 5.76. The monoisotopic (exact) mass is 241 g/mol. The van der Waals surface area contributed by atoms with Gasteiger partial charge >= 0.3 is 0 Å². The fourth-order valence-electron chi connectivity index (χ4n) is 1.26. The van der Waals surface area contributed by atoms with Crippen molar-refractivity contribution in [2.24, 2.45) is 0 Å². The van der Waals surface area contributed by atoms with E-state index >= 15 is 0 Å². The first-order valence-corrected chi connectivity index (χ1v) is 6.18. The molecule has 0 fully saturated rings. The Hall–Kier alpha value is -1.33. The highest BCUT2D eigenvalue weighted by Gasteiger charge is 2.20. The molecule has 88 valence electrons. The van der Waals surface area contributed by atoms with Crippen LogP contribution in [0.3, 0.4) is 0 Å². The number of likely N-dealkylation sites (N-methyl/N-ethyl adjacent to an activating group) is 1. The summed E-state index contributed by atoms with van der Waals surface area (Å²) in [7, 11) is -1.99. The summed E-state index contributed by atoms with van der Waals surface area (Å²) in [6, 6.07) is 5.45. The third kappa shape index (κ3) is 2.84. The van der Waals surface area contributed by atoms with Crippen LogP contribution >= 0.6 is 0 Å². The summed E-state index contributed by atoms with van der Waals surface area (Å²) in [4.78, 5) is 0.161. The molecule has 0 unspecified atom stereocenters. The standard InChI is InChI=1S/C11H15NO3S/c1-9(2)8-12(3)16(14,15)11-6-4-10(13)5-7-11/h4-7,13H,1,8H2,2-3H3. The van der Waals surface area contributed by atoms with Gasteiger partial charge < -0.3 is 5.11 Å². The number of aromatic hydroxyl groups is 1. The topological polar surface area (TPSA) is 57.6 Å². The summed E-state index contributed by atoms with van der Waals surface area (Å²) in [6.07, 6.45) is 0. The SMILES string of the molecule is C=C(C)CN(C)S(=O)(=O)c1ccc(O)cc1. The zero-order valence-corrected chi connectivity index (χ0v) is 10.2. The predicted octanol–water partition coefficient (Wildman–Crippen LogP) is 1.59. The Morgan fingerprint density at radius 2 is 1.88 bits per heavy atom. The molecule has 0 aliphatic rings. The van der Waals surface area contributed by atoms with Crippen LogP contribution in [0.2, 0.25) is 0 Å². The van der Waals surface area contributed by atoms with Gasteiger partial charge in [-0.1, -0.05) is 12.2 Å². The van der Waals surface area contributed by atoms with Gasteiger partial charge in [0.2, 0.25) is 10.0 Å². The highest BCUT2D eigenvalue weighted by atomic mass is 32.2. The van der Waals surface area contributed by atoms with Gasteiger partial charge in [0.1, 0.15) is 5.75 Å². The van der Waals surface area contributed by atoms with Crippen LogP contribution in [0.25, 0.3) is 0 Å². The first-order chi connectivity index (χ1) is 7.34. The lowest BCUT2D eigenvalue weighted by molar-refractivity contribution is 0.473. The average molecular weight is 241 g/mol. The van der Waals surface area contributed by atoms with Crippen LogP contribution in [-0.4, -0.2) is 31.4 Å². The maximum absolute atomic E-state index is 12.0. The Balaban J connectivity index is 3.02. The highest BCUT2D eigenvalue weighted by Crippen LogP contribution is 2.18. The Bertz CT molecular complexity index is 476. The molecule has 0 saturated carbocycles. The molecule has 0 bridgehead atoms. The molecule has 0 radical (unpaired) electrons. The summed E-state index contributed by atoms with van der Waals surface area (Å²) in [5, 5.41) is 9.08. The van der Waals surface area contributed by atoms with Gasteiger partial charge in [-0.15, -0.1) is 0 Å². The van der Waals surface area contributed by atoms with Gasteiger partial charge in [0.25, 0.3) is 0 Å². The molecule has 1 aromatic rings. The molecule has 1 rings (SSSR count). The largest absolute Gasteiger partial charge is 0.508 e. The van der Waals surface area contributed by atoms with Crippen molar-refractivity contribution in [3.8, 4) is 5.75 Å². The molecule has 16 heavy (non-hydrogen) atoms. The van der Waals surface area contributed by atoms with E-state index in [2.05, 4.69) is 6.58 Å². The van der Waals surface area contributed by atoms with Gasteiger partial charge in [0.05, 0.1) is 4.90 Å². The van der Waals surface area contributed by atoms with Gasteiger partial charge in [0.15, 0.2) is 0 Å². The van der Waals surface area contributed by atoms with E-state index in [-0.39, 0.29) is 17.2 Å². The summed E-state index contributed by atoms with van der Waals surface area (Å²) >= 11 is 0. The molecular weight excluding hydrogens is 226 g/mol. The fourth-order valence-corrected chi connectivity index (χ4v) is 2.49. The zero-order chi connectivity index (χ0) is 12.3. The van der Waals surface area contributed by atoms with E-state index in [1.54, 1.807) is 6.92 Å². The third-order valence-electron chi connectivity index (χ3n) is 2.04. The number of phenols is 1. The van der Waals surface area contributed by atoms with E-state index in [1.807, 2.05) is 0 Å². The highest BCUT2D eigenvalue weighted by molar-refractivity contribution is 7.89. The average Bonchev–Trinajstić information content (AvgIpc) is 2.17. The summed E-state index contributed by atoms with van der Waals surface area (Å²) < 4.78 is 25.2. The number of hydrogen-bond acceptors (Lipinski definition) is 3. The fraction of sp³-hybridized carbons (Fsp3) is 0.273. The lowest BCUT2D eigenvalue weighted by atomic mass is 10.3. The molecule has 4 nitrogen and oxygen atoms in total. The van der Waals surface area contributed by atoms with Crippen LogP contribution in [0.15, 0.2) is 41.3 Å². The van der Waals surface area contributed by atoms with E-state index in [0.29, 0.717) is 0 Å². The molecule has 0 aromatic heterocycles. The first-order valence-electron chi connectivity index (χ1n) is 4.74. The number of sulfonamides is 1. The van der Waals surface area contributed by atoms with Crippen LogP contribution in [0.5, 0.6) is 5.75 Å². The number of rotatable bonds is 4. The summed E-state index contributed by atoms with van der Waals surface area (Å²) in [5.74, 6) is 0.0431. The second kappa shape index (κ2) is 4.67. The van der Waals surface area contributed by atoms with Crippen molar-refractivity contribution in [2.75, 3.05) is 13.6 Å². The Morgan fingerprint density at radius 3 is 2.31 bits per heavy atom. The number of benzene rings is 1. The minimum atomic E-state index is -3.49. The van der Waals surface area contributed by atoms with E-state index in [4.69, 9.17) is 5.11 Å². The minimum absolute atomic E-state index is 0.0431. The van der Waals surface area contributed by atoms with Crippen molar-refractivity contribution in [3.63, 3.8) is 0 Å². The number of phenolic OH excluding ortho intramolecular Hbond substituents is 1. The van der Waals surface area contributed by atoms with E-state index in [9.17, 15) is 8.42 Å². The Kier molecular flexibility index (Phi) is 3.72. The lowest BCUT2D eigenvalue weighted by Crippen LogP contribution is -2.28. The smallest absolute Gasteiger partial charge is 0.243 e. The van der Waals surface area contributed by atoms with Crippen LogP contribution in [0.4, 0.5) is 0 Å². The quantitative estimate of drug-likeness (QED) is 0.814. The maximum atomic E-state index is 12.0. The molecule has 0 spiro atoms. The third-order valence-corrected chi connectivity index (χ3v) is 3.86.